The molecule has 1 rings (SSSR count). The molecule has 1 heterocycles. The molecule has 1 aromatic rings. The molecule has 0 spiro atoms. The highest BCUT2D eigenvalue weighted by Crippen LogP contribution is 2.24. The van der Waals surface area contributed by atoms with E-state index < -0.39 is 18.3 Å². The monoisotopic (exact) mass is 280 g/mol. The van der Waals surface area contributed by atoms with Crippen LogP contribution in [0, 0.1) is 0 Å². The van der Waals surface area contributed by atoms with Gasteiger partial charge in [0.25, 0.3) is 0 Å². The molecule has 0 radical (unpaired) electrons. The maximum Gasteiger partial charge on any atom is 0.425 e. The predicted octanol–water partition coefficient (Wildman–Crippen LogP) is 2.03. The standard InChI is InChI=1S/C10H15F3N4O2/c1-4-5-14-7-15-8(18-3)17-9(16-7)19-6(2)10(11,12)13/h6H,4-5H2,1-3H3,(H,14,15,16,17). The van der Waals surface area contributed by atoms with Crippen molar-refractivity contribution in [3.8, 4) is 12.0 Å². The van der Waals surface area contributed by atoms with Crippen LogP contribution in [0.15, 0.2) is 0 Å². The Labute approximate surface area is 108 Å². The fourth-order valence-electron chi connectivity index (χ4n) is 1.02. The molecule has 1 unspecified atom stereocenters. The van der Waals surface area contributed by atoms with Gasteiger partial charge < -0.3 is 14.8 Å². The molecule has 0 aliphatic heterocycles. The Bertz CT molecular complexity index is 414. The van der Waals surface area contributed by atoms with Gasteiger partial charge in [-0.05, 0) is 13.3 Å². The van der Waals surface area contributed by atoms with Crippen molar-refractivity contribution >= 4 is 5.95 Å². The van der Waals surface area contributed by atoms with Crippen LogP contribution in [-0.4, -0.2) is 40.9 Å². The molecular weight excluding hydrogens is 265 g/mol. The third-order valence-corrected chi connectivity index (χ3v) is 2.05. The highest BCUT2D eigenvalue weighted by molar-refractivity contribution is 5.27. The first-order valence-electron chi connectivity index (χ1n) is 5.64. The lowest BCUT2D eigenvalue weighted by atomic mass is 10.4. The molecule has 0 aliphatic carbocycles. The van der Waals surface area contributed by atoms with Crippen LogP contribution in [0.25, 0.3) is 0 Å². The van der Waals surface area contributed by atoms with E-state index in [-0.39, 0.29) is 12.0 Å². The predicted molar refractivity (Wildman–Crippen MR) is 61.3 cm³/mol. The number of hydrogen-bond donors (Lipinski definition) is 1. The lowest BCUT2D eigenvalue weighted by Gasteiger charge is -2.16. The largest absolute Gasteiger partial charge is 0.467 e. The van der Waals surface area contributed by atoms with Gasteiger partial charge in [0.15, 0.2) is 6.10 Å². The van der Waals surface area contributed by atoms with E-state index in [0.29, 0.717) is 6.54 Å². The number of ether oxygens (including phenoxy) is 2. The second-order valence-corrected chi connectivity index (χ2v) is 3.66. The van der Waals surface area contributed by atoms with Crippen molar-refractivity contribution < 1.29 is 22.6 Å². The zero-order valence-corrected chi connectivity index (χ0v) is 10.8. The minimum atomic E-state index is -4.49. The van der Waals surface area contributed by atoms with Gasteiger partial charge in [0.2, 0.25) is 5.95 Å². The second-order valence-electron chi connectivity index (χ2n) is 3.66. The number of methoxy groups -OCH3 is 1. The maximum absolute atomic E-state index is 12.4. The first-order chi connectivity index (χ1) is 8.86. The van der Waals surface area contributed by atoms with Crippen molar-refractivity contribution in [3.05, 3.63) is 0 Å². The van der Waals surface area contributed by atoms with Gasteiger partial charge in [-0.25, -0.2) is 0 Å². The summed E-state index contributed by atoms with van der Waals surface area (Å²) in [6.07, 6.45) is -5.70. The Morgan fingerprint density at radius 3 is 2.37 bits per heavy atom. The fourth-order valence-corrected chi connectivity index (χ4v) is 1.02. The molecular formula is C10H15F3N4O2. The molecule has 0 bridgehead atoms. The Morgan fingerprint density at radius 1 is 1.21 bits per heavy atom. The Morgan fingerprint density at radius 2 is 1.84 bits per heavy atom. The van der Waals surface area contributed by atoms with E-state index in [1.807, 2.05) is 6.92 Å². The number of nitrogens with zero attached hydrogens (tertiary/aromatic N) is 3. The minimum Gasteiger partial charge on any atom is -0.467 e. The summed E-state index contributed by atoms with van der Waals surface area (Å²) < 4.78 is 46.5. The average Bonchev–Trinajstić information content (AvgIpc) is 2.34. The van der Waals surface area contributed by atoms with Crippen molar-refractivity contribution in [1.82, 2.24) is 15.0 Å². The topological polar surface area (TPSA) is 69.2 Å². The number of aromatic nitrogens is 3. The van der Waals surface area contributed by atoms with Gasteiger partial charge in [-0.1, -0.05) is 6.92 Å². The normalized spacial score (nSPS) is 12.9. The van der Waals surface area contributed by atoms with Crippen LogP contribution in [0.1, 0.15) is 20.3 Å². The fraction of sp³-hybridized carbons (Fsp3) is 0.700. The van der Waals surface area contributed by atoms with Gasteiger partial charge in [-0.2, -0.15) is 23.1 Å². The Balaban J connectivity index is 2.87. The van der Waals surface area contributed by atoms with Crippen molar-refractivity contribution in [2.45, 2.75) is 32.5 Å². The Kier molecular flexibility index (Phi) is 5.13. The molecule has 0 saturated heterocycles. The number of halogens is 3. The Hall–Kier alpha value is -1.80. The quantitative estimate of drug-likeness (QED) is 0.860. The number of rotatable bonds is 6. The molecule has 1 atom stereocenters. The lowest BCUT2D eigenvalue weighted by Crippen LogP contribution is -2.32. The highest BCUT2D eigenvalue weighted by Gasteiger charge is 2.38. The molecule has 1 aromatic heterocycles. The molecule has 19 heavy (non-hydrogen) atoms. The van der Waals surface area contributed by atoms with Crippen molar-refractivity contribution in [1.29, 1.82) is 0 Å². The van der Waals surface area contributed by atoms with Gasteiger partial charge in [-0.3, -0.25) is 0 Å². The number of nitrogens with one attached hydrogen (secondary N) is 1. The minimum absolute atomic E-state index is 0.109. The third-order valence-electron chi connectivity index (χ3n) is 2.05. The summed E-state index contributed by atoms with van der Waals surface area (Å²) in [4.78, 5) is 11.2. The zero-order chi connectivity index (χ0) is 14.5. The van der Waals surface area contributed by atoms with E-state index in [1.54, 1.807) is 0 Å². The lowest BCUT2D eigenvalue weighted by molar-refractivity contribution is -0.190. The van der Waals surface area contributed by atoms with Gasteiger partial charge in [0, 0.05) is 6.54 Å². The summed E-state index contributed by atoms with van der Waals surface area (Å²) in [6, 6.07) is -0.548. The van der Waals surface area contributed by atoms with E-state index in [4.69, 9.17) is 4.74 Å². The summed E-state index contributed by atoms with van der Waals surface area (Å²) in [6.45, 7) is 3.37. The first kappa shape index (κ1) is 15.3. The van der Waals surface area contributed by atoms with E-state index in [1.165, 1.54) is 7.11 Å². The van der Waals surface area contributed by atoms with Gasteiger partial charge in [0.05, 0.1) is 7.11 Å². The SMILES string of the molecule is CCCNc1nc(OC)nc(OC(C)C(F)(F)F)n1. The van der Waals surface area contributed by atoms with Crippen molar-refractivity contribution in [2.24, 2.45) is 0 Å². The summed E-state index contributed by atoms with van der Waals surface area (Å²) >= 11 is 0. The number of hydrogen-bond acceptors (Lipinski definition) is 6. The molecule has 108 valence electrons. The number of alkyl halides is 3. The maximum atomic E-state index is 12.4. The van der Waals surface area contributed by atoms with Crippen molar-refractivity contribution in [3.63, 3.8) is 0 Å². The molecule has 9 heteroatoms. The van der Waals surface area contributed by atoms with Gasteiger partial charge in [-0.15, -0.1) is 4.98 Å². The van der Waals surface area contributed by atoms with Crippen LogP contribution >= 0.6 is 0 Å². The van der Waals surface area contributed by atoms with Crippen LogP contribution < -0.4 is 14.8 Å². The smallest absolute Gasteiger partial charge is 0.425 e. The highest BCUT2D eigenvalue weighted by atomic mass is 19.4. The van der Waals surface area contributed by atoms with Crippen LogP contribution in [0.4, 0.5) is 19.1 Å². The average molecular weight is 280 g/mol. The van der Waals surface area contributed by atoms with Gasteiger partial charge >= 0.3 is 18.2 Å². The summed E-state index contributed by atoms with van der Waals surface area (Å²) in [7, 11) is 1.30. The first-order valence-corrected chi connectivity index (χ1v) is 5.64. The molecule has 0 amide bonds. The third kappa shape index (κ3) is 4.76. The van der Waals surface area contributed by atoms with Crippen LogP contribution in [0.5, 0.6) is 12.0 Å². The molecule has 0 fully saturated rings. The van der Waals surface area contributed by atoms with Crippen LogP contribution in [0.2, 0.25) is 0 Å². The van der Waals surface area contributed by atoms with E-state index in [2.05, 4.69) is 25.0 Å². The zero-order valence-electron chi connectivity index (χ0n) is 10.8. The molecule has 1 N–H and O–H groups in total. The summed E-state index contributed by atoms with van der Waals surface area (Å²) in [5, 5.41) is 2.82. The van der Waals surface area contributed by atoms with Gasteiger partial charge in [0.1, 0.15) is 0 Å². The van der Waals surface area contributed by atoms with E-state index in [0.717, 1.165) is 13.3 Å². The second kappa shape index (κ2) is 6.39. The van der Waals surface area contributed by atoms with E-state index in [9.17, 15) is 13.2 Å². The summed E-state index contributed by atoms with van der Waals surface area (Å²) in [5.74, 6) is 0.109. The molecule has 0 aromatic carbocycles. The number of anilines is 1. The van der Waals surface area contributed by atoms with Crippen LogP contribution in [0.3, 0.4) is 0 Å². The van der Waals surface area contributed by atoms with Crippen molar-refractivity contribution in [2.75, 3.05) is 19.0 Å². The van der Waals surface area contributed by atoms with Crippen LogP contribution in [-0.2, 0) is 0 Å². The van der Waals surface area contributed by atoms with E-state index >= 15 is 0 Å². The molecule has 6 nitrogen and oxygen atoms in total. The molecule has 0 aliphatic rings. The summed E-state index contributed by atoms with van der Waals surface area (Å²) in [5.41, 5.74) is 0. The molecule has 0 saturated carbocycles.